The molecule has 1 aromatic carbocycles. The second-order valence-corrected chi connectivity index (χ2v) is 2.99. The van der Waals surface area contributed by atoms with E-state index in [9.17, 15) is 13.6 Å². The molecule has 0 saturated carbocycles. The topological polar surface area (TPSA) is 63.3 Å². The Balaban J connectivity index is 3.19. The van der Waals surface area contributed by atoms with Crippen LogP contribution in [0.5, 0.6) is 0 Å². The number of carboxylic acid groups (broad SMARTS) is 1. The summed E-state index contributed by atoms with van der Waals surface area (Å²) in [6, 6.07) is 0.130. The molecule has 1 atom stereocenters. The van der Waals surface area contributed by atoms with Crippen LogP contribution < -0.4 is 5.73 Å². The smallest absolute Gasteiger partial charge is 0.325 e. The molecule has 0 amide bonds. The second-order valence-electron chi connectivity index (χ2n) is 2.61. The summed E-state index contributed by atoms with van der Waals surface area (Å²) in [6.07, 6.45) is 0. The largest absolute Gasteiger partial charge is 0.480 e. The Kier molecular flexibility index (Phi) is 3.03. The van der Waals surface area contributed by atoms with Crippen molar-refractivity contribution in [2.45, 2.75) is 6.04 Å². The summed E-state index contributed by atoms with van der Waals surface area (Å²) >= 11 is 5.20. The van der Waals surface area contributed by atoms with Crippen LogP contribution in [0.4, 0.5) is 8.78 Å². The van der Waals surface area contributed by atoms with Gasteiger partial charge in [-0.2, -0.15) is 0 Å². The minimum Gasteiger partial charge on any atom is -0.480 e. The van der Waals surface area contributed by atoms with Gasteiger partial charge in [0.25, 0.3) is 0 Å². The van der Waals surface area contributed by atoms with E-state index in [1.54, 1.807) is 0 Å². The molecule has 1 unspecified atom stereocenters. The Morgan fingerprint density at radius 1 is 1.43 bits per heavy atom. The van der Waals surface area contributed by atoms with E-state index in [4.69, 9.17) is 22.4 Å². The standard InChI is InChI=1S/C8H6ClF2NO2/c9-6-4(10)1-3(2-5(6)11)7(12)8(13)14/h1-2,7H,12H2,(H,13,14). The summed E-state index contributed by atoms with van der Waals surface area (Å²) in [6.45, 7) is 0. The number of nitrogens with two attached hydrogens (primary N) is 1. The predicted molar refractivity (Wildman–Crippen MR) is 45.9 cm³/mol. The van der Waals surface area contributed by atoms with Gasteiger partial charge in [-0.15, -0.1) is 0 Å². The molecular weight excluding hydrogens is 216 g/mol. The van der Waals surface area contributed by atoms with Crippen LogP contribution in [0.1, 0.15) is 11.6 Å². The number of carboxylic acids is 1. The summed E-state index contributed by atoms with van der Waals surface area (Å²) in [7, 11) is 0. The Bertz CT molecular complexity index is 361. The van der Waals surface area contributed by atoms with E-state index in [-0.39, 0.29) is 5.56 Å². The van der Waals surface area contributed by atoms with Gasteiger partial charge in [-0.1, -0.05) is 11.6 Å². The average molecular weight is 222 g/mol. The maximum absolute atomic E-state index is 12.8. The van der Waals surface area contributed by atoms with Crippen molar-refractivity contribution in [1.29, 1.82) is 0 Å². The van der Waals surface area contributed by atoms with Crippen molar-refractivity contribution in [1.82, 2.24) is 0 Å². The Morgan fingerprint density at radius 3 is 2.21 bits per heavy atom. The number of carbonyl (C=O) groups is 1. The lowest BCUT2D eigenvalue weighted by Crippen LogP contribution is -2.21. The summed E-state index contributed by atoms with van der Waals surface area (Å²) in [5.41, 5.74) is 4.98. The fraction of sp³-hybridized carbons (Fsp3) is 0.125. The average Bonchev–Trinajstić information content (AvgIpc) is 2.12. The van der Waals surface area contributed by atoms with Gasteiger partial charge in [-0.3, -0.25) is 4.79 Å². The van der Waals surface area contributed by atoms with Crippen LogP contribution in [-0.2, 0) is 4.79 Å². The molecule has 0 fully saturated rings. The van der Waals surface area contributed by atoms with Gasteiger partial charge < -0.3 is 10.8 Å². The number of benzene rings is 1. The highest BCUT2D eigenvalue weighted by Gasteiger charge is 2.18. The van der Waals surface area contributed by atoms with Gasteiger partial charge in [0, 0.05) is 0 Å². The molecule has 0 aromatic heterocycles. The maximum atomic E-state index is 12.8. The monoisotopic (exact) mass is 221 g/mol. The van der Waals surface area contributed by atoms with Gasteiger partial charge in [0.2, 0.25) is 0 Å². The third-order valence-corrected chi connectivity index (χ3v) is 1.99. The van der Waals surface area contributed by atoms with Crippen LogP contribution in [0.15, 0.2) is 12.1 Å². The predicted octanol–water partition coefficient (Wildman–Crippen LogP) is 1.70. The first-order valence-electron chi connectivity index (χ1n) is 3.56. The third-order valence-electron chi connectivity index (χ3n) is 1.63. The van der Waals surface area contributed by atoms with E-state index in [2.05, 4.69) is 0 Å². The number of aliphatic carboxylic acids is 1. The van der Waals surface area contributed by atoms with Crippen molar-refractivity contribution in [3.05, 3.63) is 34.4 Å². The van der Waals surface area contributed by atoms with E-state index in [0.717, 1.165) is 12.1 Å². The first kappa shape index (κ1) is 10.9. The highest BCUT2D eigenvalue weighted by molar-refractivity contribution is 6.30. The molecule has 0 radical (unpaired) electrons. The molecule has 0 spiro atoms. The number of rotatable bonds is 2. The molecule has 3 N–H and O–H groups in total. The number of hydrogen-bond donors (Lipinski definition) is 2. The Labute approximate surface area is 83.1 Å². The molecule has 1 aromatic rings. The van der Waals surface area contributed by atoms with Crippen molar-refractivity contribution in [3.8, 4) is 0 Å². The van der Waals surface area contributed by atoms with Crippen molar-refractivity contribution in [2.75, 3.05) is 0 Å². The highest BCUT2D eigenvalue weighted by Crippen LogP contribution is 2.23. The zero-order valence-electron chi connectivity index (χ0n) is 6.80. The van der Waals surface area contributed by atoms with Gasteiger partial charge >= 0.3 is 5.97 Å². The number of halogens is 3. The SMILES string of the molecule is NC(C(=O)O)c1cc(F)c(Cl)c(F)c1. The fourth-order valence-corrected chi connectivity index (χ4v) is 1.01. The van der Waals surface area contributed by atoms with E-state index in [0.29, 0.717) is 0 Å². The molecular formula is C8H6ClF2NO2. The fourth-order valence-electron chi connectivity index (χ4n) is 0.897. The van der Waals surface area contributed by atoms with Crippen molar-refractivity contribution in [2.24, 2.45) is 5.73 Å². The van der Waals surface area contributed by atoms with Gasteiger partial charge in [-0.25, -0.2) is 8.78 Å². The minimum atomic E-state index is -1.46. The van der Waals surface area contributed by atoms with E-state index < -0.39 is 28.7 Å². The third kappa shape index (κ3) is 2.00. The first-order chi connectivity index (χ1) is 6.43. The minimum absolute atomic E-state index is 0.170. The molecule has 14 heavy (non-hydrogen) atoms. The molecule has 76 valence electrons. The van der Waals surface area contributed by atoms with Crippen molar-refractivity contribution in [3.63, 3.8) is 0 Å². The molecule has 0 bridgehead atoms. The van der Waals surface area contributed by atoms with Crippen LogP contribution >= 0.6 is 11.6 Å². The Morgan fingerprint density at radius 2 is 1.86 bits per heavy atom. The first-order valence-corrected chi connectivity index (χ1v) is 3.94. The lowest BCUT2D eigenvalue weighted by Gasteiger charge is -2.07. The lowest BCUT2D eigenvalue weighted by molar-refractivity contribution is -0.138. The van der Waals surface area contributed by atoms with Gasteiger partial charge in [0.05, 0.1) is 0 Å². The summed E-state index contributed by atoms with van der Waals surface area (Å²) in [5, 5.41) is 7.81. The van der Waals surface area contributed by atoms with Crippen LogP contribution in [0.25, 0.3) is 0 Å². The van der Waals surface area contributed by atoms with E-state index in [1.165, 1.54) is 0 Å². The molecule has 0 heterocycles. The Hall–Kier alpha value is -1.20. The highest BCUT2D eigenvalue weighted by atomic mass is 35.5. The summed E-state index contributed by atoms with van der Waals surface area (Å²) < 4.78 is 25.7. The molecule has 0 aliphatic rings. The van der Waals surface area contributed by atoms with Gasteiger partial charge in [0.1, 0.15) is 22.7 Å². The number of hydrogen-bond acceptors (Lipinski definition) is 2. The summed E-state index contributed by atoms with van der Waals surface area (Å²) in [4.78, 5) is 10.4. The zero-order valence-corrected chi connectivity index (χ0v) is 7.55. The lowest BCUT2D eigenvalue weighted by atomic mass is 10.1. The van der Waals surface area contributed by atoms with E-state index in [1.807, 2.05) is 0 Å². The van der Waals surface area contributed by atoms with Crippen LogP contribution in [0, 0.1) is 11.6 Å². The molecule has 0 saturated heterocycles. The van der Waals surface area contributed by atoms with E-state index >= 15 is 0 Å². The van der Waals surface area contributed by atoms with Crippen LogP contribution in [0.2, 0.25) is 5.02 Å². The van der Waals surface area contributed by atoms with Gasteiger partial charge in [0.15, 0.2) is 0 Å². The van der Waals surface area contributed by atoms with Crippen LogP contribution in [-0.4, -0.2) is 11.1 Å². The molecule has 1 rings (SSSR count). The van der Waals surface area contributed by atoms with Crippen molar-refractivity contribution < 1.29 is 18.7 Å². The maximum Gasteiger partial charge on any atom is 0.325 e. The zero-order chi connectivity index (χ0) is 10.9. The molecule has 3 nitrogen and oxygen atoms in total. The second kappa shape index (κ2) is 3.89. The quantitative estimate of drug-likeness (QED) is 0.748. The normalized spacial score (nSPS) is 12.6. The molecule has 0 aliphatic carbocycles. The van der Waals surface area contributed by atoms with Crippen LogP contribution in [0.3, 0.4) is 0 Å². The summed E-state index contributed by atoms with van der Waals surface area (Å²) in [5.74, 6) is -3.43. The molecule has 6 heteroatoms. The molecule has 0 aliphatic heterocycles. The van der Waals surface area contributed by atoms with Crippen molar-refractivity contribution >= 4 is 17.6 Å². The van der Waals surface area contributed by atoms with Gasteiger partial charge in [-0.05, 0) is 17.7 Å².